The fraction of sp³-hybridized carbons (Fsp3) is 0.391. The van der Waals surface area contributed by atoms with Gasteiger partial charge in [0.2, 0.25) is 0 Å². The average molecular weight is 413 g/mol. The van der Waals surface area contributed by atoms with Gasteiger partial charge in [0.05, 0.1) is 26.9 Å². The molecule has 1 aliphatic heterocycles. The van der Waals surface area contributed by atoms with Crippen LogP contribution in [0.2, 0.25) is 0 Å². The quantitative estimate of drug-likeness (QED) is 0.632. The molecule has 0 aliphatic carbocycles. The molecule has 1 aliphatic rings. The van der Waals surface area contributed by atoms with E-state index in [2.05, 4.69) is 4.98 Å². The highest BCUT2D eigenvalue weighted by Crippen LogP contribution is 2.42. The number of methoxy groups -OCH3 is 3. The molecule has 1 atom stereocenters. The Labute approximate surface area is 176 Å². The molecule has 0 radical (unpaired) electrons. The molecule has 7 heteroatoms. The van der Waals surface area contributed by atoms with Crippen LogP contribution in [0.1, 0.15) is 43.7 Å². The molecule has 0 N–H and O–H groups in total. The van der Waals surface area contributed by atoms with Crippen LogP contribution in [0, 0.1) is 0 Å². The van der Waals surface area contributed by atoms with E-state index in [-0.39, 0.29) is 0 Å². The zero-order chi connectivity index (χ0) is 21.9. The van der Waals surface area contributed by atoms with Gasteiger partial charge in [0.1, 0.15) is 23.2 Å². The molecule has 0 spiro atoms. The predicted octanol–water partition coefficient (Wildman–Crippen LogP) is 4.14. The van der Waals surface area contributed by atoms with E-state index in [0.717, 1.165) is 11.1 Å². The highest BCUT2D eigenvalue weighted by Gasteiger charge is 2.28. The Bertz CT molecular complexity index is 966. The highest BCUT2D eigenvalue weighted by molar-refractivity contribution is 5.70. The molecule has 1 unspecified atom stereocenters. The van der Waals surface area contributed by atoms with Gasteiger partial charge in [0.15, 0.2) is 5.75 Å². The number of fused-ring (bicyclic) bond motifs is 1. The lowest BCUT2D eigenvalue weighted by Gasteiger charge is -2.30. The Balaban J connectivity index is 2.01. The lowest BCUT2D eigenvalue weighted by atomic mass is 9.96. The maximum atomic E-state index is 11.8. The first-order valence-electron chi connectivity index (χ1n) is 9.62. The van der Waals surface area contributed by atoms with Crippen molar-refractivity contribution in [2.75, 3.05) is 21.3 Å². The van der Waals surface area contributed by atoms with Crippen LogP contribution in [0.5, 0.6) is 23.1 Å². The van der Waals surface area contributed by atoms with Crippen molar-refractivity contribution in [1.82, 2.24) is 4.98 Å². The van der Waals surface area contributed by atoms with E-state index < -0.39 is 17.7 Å². The van der Waals surface area contributed by atoms with Gasteiger partial charge in [-0.1, -0.05) is 0 Å². The van der Waals surface area contributed by atoms with Gasteiger partial charge in [-0.25, -0.2) is 4.98 Å². The highest BCUT2D eigenvalue weighted by atomic mass is 16.5. The molecule has 0 saturated carbocycles. The largest absolute Gasteiger partial charge is 0.496 e. The fourth-order valence-electron chi connectivity index (χ4n) is 3.41. The summed E-state index contributed by atoms with van der Waals surface area (Å²) in [7, 11) is 4.67. The molecule has 3 rings (SSSR count). The topological polar surface area (TPSA) is 76.1 Å². The van der Waals surface area contributed by atoms with Crippen LogP contribution < -0.4 is 18.9 Å². The van der Waals surface area contributed by atoms with Crippen LogP contribution in [0.4, 0.5) is 0 Å². The minimum atomic E-state index is -0.600. The number of benzene rings is 1. The summed E-state index contributed by atoms with van der Waals surface area (Å²) < 4.78 is 27.9. The van der Waals surface area contributed by atoms with E-state index in [0.29, 0.717) is 35.2 Å². The zero-order valence-corrected chi connectivity index (χ0v) is 18.1. The molecule has 2 heterocycles. The van der Waals surface area contributed by atoms with E-state index in [1.165, 1.54) is 14.0 Å². The van der Waals surface area contributed by atoms with Crippen molar-refractivity contribution in [2.45, 2.75) is 38.9 Å². The number of carbonyl (C=O) groups is 1. The molecule has 2 aromatic rings. The van der Waals surface area contributed by atoms with Crippen molar-refractivity contribution >= 4 is 12.0 Å². The lowest BCUT2D eigenvalue weighted by molar-refractivity contribution is -0.146. The van der Waals surface area contributed by atoms with Gasteiger partial charge in [0, 0.05) is 24.6 Å². The molecule has 0 amide bonds. The van der Waals surface area contributed by atoms with E-state index >= 15 is 0 Å². The second-order valence-electron chi connectivity index (χ2n) is 7.46. The standard InChI is InChI=1S/C23H27NO6/c1-14(25)29-20(13-15-7-9-19(26-4)22(24-15)28-6)16-8-10-18-17(21(16)27-5)11-12-23(2,3)30-18/h7-12,20H,13H2,1-6H3. The third-order valence-corrected chi connectivity index (χ3v) is 4.76. The number of rotatable bonds is 7. The number of nitrogens with zero attached hydrogens (tertiary/aromatic N) is 1. The molecule has 7 nitrogen and oxygen atoms in total. The van der Waals surface area contributed by atoms with Gasteiger partial charge in [-0.05, 0) is 50.3 Å². The van der Waals surface area contributed by atoms with Gasteiger partial charge in [-0.2, -0.15) is 0 Å². The lowest BCUT2D eigenvalue weighted by Crippen LogP contribution is -2.27. The van der Waals surface area contributed by atoms with Crippen molar-refractivity contribution in [3.8, 4) is 23.1 Å². The SMILES string of the molecule is COc1ccc(CC(OC(C)=O)c2ccc3c(c2OC)C=CC(C)(C)O3)nc1OC. The molecule has 160 valence electrons. The second-order valence-corrected chi connectivity index (χ2v) is 7.46. The first-order chi connectivity index (χ1) is 14.3. The number of aromatic nitrogens is 1. The first-order valence-corrected chi connectivity index (χ1v) is 9.62. The maximum absolute atomic E-state index is 11.8. The smallest absolute Gasteiger partial charge is 0.303 e. The van der Waals surface area contributed by atoms with Crippen LogP contribution in [0.25, 0.3) is 6.08 Å². The molecule has 30 heavy (non-hydrogen) atoms. The van der Waals surface area contributed by atoms with Crippen LogP contribution in [0.3, 0.4) is 0 Å². The van der Waals surface area contributed by atoms with Crippen LogP contribution in [-0.2, 0) is 16.0 Å². The molecule has 1 aromatic carbocycles. The Hall–Kier alpha value is -3.22. The summed E-state index contributed by atoms with van der Waals surface area (Å²) in [6, 6.07) is 7.32. The van der Waals surface area contributed by atoms with Crippen molar-refractivity contribution in [3.63, 3.8) is 0 Å². The molecule has 0 fully saturated rings. The summed E-state index contributed by atoms with van der Waals surface area (Å²) in [4.78, 5) is 16.3. The summed E-state index contributed by atoms with van der Waals surface area (Å²) in [6.45, 7) is 5.35. The third-order valence-electron chi connectivity index (χ3n) is 4.76. The van der Waals surface area contributed by atoms with Gasteiger partial charge in [-0.15, -0.1) is 0 Å². The van der Waals surface area contributed by atoms with Gasteiger partial charge >= 0.3 is 5.97 Å². The third kappa shape index (κ3) is 4.50. The molecule has 0 saturated heterocycles. The Morgan fingerprint density at radius 1 is 1.10 bits per heavy atom. The van der Waals surface area contributed by atoms with Gasteiger partial charge in [-0.3, -0.25) is 4.79 Å². The fourth-order valence-corrected chi connectivity index (χ4v) is 3.41. The number of hydrogen-bond donors (Lipinski definition) is 0. The van der Waals surface area contributed by atoms with E-state index in [1.54, 1.807) is 20.3 Å². The van der Waals surface area contributed by atoms with Gasteiger partial charge < -0.3 is 23.7 Å². The second kappa shape index (κ2) is 8.65. The normalized spacial score (nSPS) is 14.9. The van der Waals surface area contributed by atoms with Crippen LogP contribution in [-0.4, -0.2) is 37.9 Å². The Morgan fingerprint density at radius 2 is 1.87 bits per heavy atom. The molecular weight excluding hydrogens is 386 g/mol. The number of pyridine rings is 1. The number of ether oxygens (including phenoxy) is 5. The zero-order valence-electron chi connectivity index (χ0n) is 18.1. The minimum absolute atomic E-state index is 0.338. The predicted molar refractivity (Wildman–Crippen MR) is 112 cm³/mol. The summed E-state index contributed by atoms with van der Waals surface area (Å²) in [5.41, 5.74) is 1.83. The minimum Gasteiger partial charge on any atom is -0.496 e. The number of hydrogen-bond acceptors (Lipinski definition) is 7. The van der Waals surface area contributed by atoms with Crippen molar-refractivity contribution in [1.29, 1.82) is 0 Å². The average Bonchev–Trinajstić information content (AvgIpc) is 2.71. The summed E-state index contributed by atoms with van der Waals surface area (Å²) in [5.74, 6) is 1.82. The van der Waals surface area contributed by atoms with Crippen molar-refractivity contribution in [3.05, 3.63) is 47.2 Å². The maximum Gasteiger partial charge on any atom is 0.303 e. The summed E-state index contributed by atoms with van der Waals surface area (Å²) in [5, 5.41) is 0. The molecular formula is C23H27NO6. The van der Waals surface area contributed by atoms with Crippen molar-refractivity contribution in [2.24, 2.45) is 0 Å². The van der Waals surface area contributed by atoms with Crippen LogP contribution in [0.15, 0.2) is 30.3 Å². The van der Waals surface area contributed by atoms with Crippen LogP contribution >= 0.6 is 0 Å². The van der Waals surface area contributed by atoms with Gasteiger partial charge in [0.25, 0.3) is 5.88 Å². The molecule has 0 bridgehead atoms. The van der Waals surface area contributed by atoms with E-state index in [9.17, 15) is 4.79 Å². The number of carbonyl (C=O) groups excluding carboxylic acids is 1. The summed E-state index contributed by atoms with van der Waals surface area (Å²) in [6.07, 6.45) is 3.68. The van der Waals surface area contributed by atoms with Crippen molar-refractivity contribution < 1.29 is 28.5 Å². The van der Waals surface area contributed by atoms with E-state index in [1.807, 2.05) is 44.2 Å². The summed E-state index contributed by atoms with van der Waals surface area (Å²) >= 11 is 0. The Kier molecular flexibility index (Phi) is 6.20. The monoisotopic (exact) mass is 413 g/mol. The van der Waals surface area contributed by atoms with E-state index in [4.69, 9.17) is 23.7 Å². The Morgan fingerprint density at radius 3 is 2.50 bits per heavy atom. The first kappa shape index (κ1) is 21.5. The number of esters is 1. The molecule has 1 aromatic heterocycles.